The molecule has 20 heavy (non-hydrogen) atoms. The Hall–Kier alpha value is -0.820. The van der Waals surface area contributed by atoms with Crippen LogP contribution in [0.5, 0.6) is 0 Å². The summed E-state index contributed by atoms with van der Waals surface area (Å²) < 4.78 is 0.907. The first kappa shape index (κ1) is 15.6. The number of carbonyl (C=O) groups is 2. The maximum absolute atomic E-state index is 11.9. The van der Waals surface area contributed by atoms with Gasteiger partial charge < -0.3 is 10.2 Å². The fourth-order valence-electron chi connectivity index (χ4n) is 2.15. The molecule has 1 saturated heterocycles. The second-order valence-electron chi connectivity index (χ2n) is 4.72. The Kier molecular flexibility index (Phi) is 5.65. The van der Waals surface area contributed by atoms with Gasteiger partial charge in [0.15, 0.2) is 0 Å². The summed E-state index contributed by atoms with van der Waals surface area (Å²) in [5.41, 5.74) is 0.518. The van der Waals surface area contributed by atoms with Gasteiger partial charge in [-0.05, 0) is 53.6 Å². The summed E-state index contributed by atoms with van der Waals surface area (Å²) in [7, 11) is 0. The van der Waals surface area contributed by atoms with Gasteiger partial charge in [-0.25, -0.2) is 0 Å². The van der Waals surface area contributed by atoms with Crippen LogP contribution in [0, 0.1) is 3.57 Å². The van der Waals surface area contributed by atoms with Crippen molar-refractivity contribution in [2.45, 2.75) is 19.3 Å². The van der Waals surface area contributed by atoms with E-state index in [2.05, 4.69) is 27.9 Å². The molecule has 2 amide bonds. The minimum Gasteiger partial charge on any atom is -0.352 e. The molecule has 1 aliphatic heterocycles. The molecule has 1 aliphatic rings. The predicted molar refractivity (Wildman–Crippen MR) is 86.9 cm³/mol. The van der Waals surface area contributed by atoms with Crippen LogP contribution < -0.4 is 5.32 Å². The van der Waals surface area contributed by atoms with Gasteiger partial charge in [-0.15, -0.1) is 0 Å². The number of amides is 2. The van der Waals surface area contributed by atoms with Gasteiger partial charge in [0.25, 0.3) is 5.91 Å². The molecule has 0 aromatic heterocycles. The van der Waals surface area contributed by atoms with Crippen molar-refractivity contribution in [2.24, 2.45) is 0 Å². The van der Waals surface area contributed by atoms with E-state index in [1.165, 1.54) is 0 Å². The maximum Gasteiger partial charge on any atom is 0.251 e. The number of nitrogens with zero attached hydrogens (tertiary/aromatic N) is 1. The van der Waals surface area contributed by atoms with Gasteiger partial charge in [0.1, 0.15) is 0 Å². The second kappa shape index (κ2) is 7.26. The summed E-state index contributed by atoms with van der Waals surface area (Å²) in [5.74, 6) is -0.0824. The van der Waals surface area contributed by atoms with Crippen molar-refractivity contribution >= 4 is 46.0 Å². The molecule has 0 atom stereocenters. The Morgan fingerprint density at radius 1 is 1.30 bits per heavy atom. The third-order valence-electron chi connectivity index (χ3n) is 3.26. The van der Waals surface area contributed by atoms with Crippen LogP contribution in [0.1, 0.15) is 29.6 Å². The van der Waals surface area contributed by atoms with Crippen LogP contribution in [0.2, 0.25) is 5.02 Å². The molecule has 2 rings (SSSR count). The number of likely N-dealkylation sites (tertiary alicyclic amines) is 1. The lowest BCUT2D eigenvalue weighted by Gasteiger charge is -2.15. The van der Waals surface area contributed by atoms with Crippen LogP contribution >= 0.6 is 34.2 Å². The number of nitrogens with one attached hydrogen (secondary N) is 1. The van der Waals surface area contributed by atoms with Crippen molar-refractivity contribution in [1.82, 2.24) is 10.2 Å². The SMILES string of the molecule is O=C(NCCC(=O)N1CCCC1)c1ccc(I)c(Cl)c1. The van der Waals surface area contributed by atoms with Gasteiger partial charge in [0.2, 0.25) is 5.91 Å². The number of benzene rings is 1. The molecule has 0 unspecified atom stereocenters. The first-order valence-electron chi connectivity index (χ1n) is 6.59. The van der Waals surface area contributed by atoms with Crippen LogP contribution in [0.4, 0.5) is 0 Å². The zero-order chi connectivity index (χ0) is 14.5. The highest BCUT2D eigenvalue weighted by Gasteiger charge is 2.17. The van der Waals surface area contributed by atoms with E-state index in [9.17, 15) is 9.59 Å². The summed E-state index contributed by atoms with van der Waals surface area (Å²) in [4.78, 5) is 25.6. The van der Waals surface area contributed by atoms with Crippen LogP contribution in [0.25, 0.3) is 0 Å². The largest absolute Gasteiger partial charge is 0.352 e. The zero-order valence-electron chi connectivity index (χ0n) is 11.0. The Morgan fingerprint density at radius 2 is 2.00 bits per heavy atom. The van der Waals surface area contributed by atoms with E-state index in [0.717, 1.165) is 29.5 Å². The van der Waals surface area contributed by atoms with Gasteiger partial charge >= 0.3 is 0 Å². The van der Waals surface area contributed by atoms with E-state index in [1.807, 2.05) is 4.90 Å². The molecule has 1 aromatic rings. The molecule has 6 heteroatoms. The average molecular weight is 407 g/mol. The van der Waals surface area contributed by atoms with E-state index in [1.54, 1.807) is 18.2 Å². The van der Waals surface area contributed by atoms with E-state index in [4.69, 9.17) is 11.6 Å². The average Bonchev–Trinajstić information content (AvgIpc) is 2.95. The summed E-state index contributed by atoms with van der Waals surface area (Å²) in [5, 5.41) is 3.31. The van der Waals surface area contributed by atoms with Crippen molar-refractivity contribution < 1.29 is 9.59 Å². The highest BCUT2D eigenvalue weighted by molar-refractivity contribution is 14.1. The molecule has 1 fully saturated rings. The maximum atomic E-state index is 11.9. The molecule has 1 aromatic carbocycles. The zero-order valence-corrected chi connectivity index (χ0v) is 13.9. The van der Waals surface area contributed by atoms with Crippen LogP contribution in [0.3, 0.4) is 0 Å². The lowest BCUT2D eigenvalue weighted by Crippen LogP contribution is -2.32. The smallest absolute Gasteiger partial charge is 0.251 e. The molecule has 0 saturated carbocycles. The van der Waals surface area contributed by atoms with Crippen molar-refractivity contribution in [3.63, 3.8) is 0 Å². The van der Waals surface area contributed by atoms with Crippen LogP contribution in [0.15, 0.2) is 18.2 Å². The minimum absolute atomic E-state index is 0.114. The molecule has 0 radical (unpaired) electrons. The number of halogens is 2. The fraction of sp³-hybridized carbons (Fsp3) is 0.429. The standard InChI is InChI=1S/C14H16ClIN2O2/c15-11-9-10(3-4-12(11)16)14(20)17-6-5-13(19)18-7-1-2-8-18/h3-4,9H,1-2,5-8H2,(H,17,20). The van der Waals surface area contributed by atoms with Crippen LogP contribution in [-0.2, 0) is 4.79 Å². The van der Waals surface area contributed by atoms with E-state index >= 15 is 0 Å². The lowest BCUT2D eigenvalue weighted by atomic mass is 10.2. The molecule has 0 aliphatic carbocycles. The first-order chi connectivity index (χ1) is 9.58. The second-order valence-corrected chi connectivity index (χ2v) is 6.29. The van der Waals surface area contributed by atoms with E-state index in [-0.39, 0.29) is 11.8 Å². The lowest BCUT2D eigenvalue weighted by molar-refractivity contribution is -0.129. The Bertz CT molecular complexity index is 516. The Balaban J connectivity index is 1.79. The molecule has 1 N–H and O–H groups in total. The molecular formula is C14H16ClIN2O2. The van der Waals surface area contributed by atoms with Crippen LogP contribution in [-0.4, -0.2) is 36.3 Å². The van der Waals surface area contributed by atoms with Crippen molar-refractivity contribution in [3.8, 4) is 0 Å². The topological polar surface area (TPSA) is 49.4 Å². The monoisotopic (exact) mass is 406 g/mol. The highest BCUT2D eigenvalue weighted by Crippen LogP contribution is 2.19. The summed E-state index contributed by atoms with van der Waals surface area (Å²) in [6, 6.07) is 5.17. The van der Waals surface area contributed by atoms with Crippen molar-refractivity contribution in [1.29, 1.82) is 0 Å². The Labute approximate surface area is 137 Å². The minimum atomic E-state index is -0.197. The van der Waals surface area contributed by atoms with Gasteiger partial charge in [-0.1, -0.05) is 11.6 Å². The predicted octanol–water partition coefficient (Wildman–Crippen LogP) is 2.69. The Morgan fingerprint density at radius 3 is 2.65 bits per heavy atom. The summed E-state index contributed by atoms with van der Waals surface area (Å²) in [6.45, 7) is 2.05. The van der Waals surface area contributed by atoms with Gasteiger partial charge in [-0.3, -0.25) is 9.59 Å². The van der Waals surface area contributed by atoms with Crippen molar-refractivity contribution in [2.75, 3.05) is 19.6 Å². The number of rotatable bonds is 4. The molecule has 108 valence electrons. The number of hydrogen-bond donors (Lipinski definition) is 1. The number of hydrogen-bond acceptors (Lipinski definition) is 2. The fourth-order valence-corrected chi connectivity index (χ4v) is 2.66. The van der Waals surface area contributed by atoms with Crippen molar-refractivity contribution in [3.05, 3.63) is 32.4 Å². The summed E-state index contributed by atoms with van der Waals surface area (Å²) >= 11 is 8.09. The molecule has 0 bridgehead atoms. The third-order valence-corrected chi connectivity index (χ3v) is 4.84. The van der Waals surface area contributed by atoms with Gasteiger partial charge in [0, 0.05) is 35.2 Å². The summed E-state index contributed by atoms with van der Waals surface area (Å²) in [6.07, 6.45) is 2.52. The van der Waals surface area contributed by atoms with Gasteiger partial charge in [0.05, 0.1) is 5.02 Å². The quantitative estimate of drug-likeness (QED) is 0.782. The molecule has 0 spiro atoms. The number of carbonyl (C=O) groups excluding carboxylic acids is 2. The molecular weight excluding hydrogens is 391 g/mol. The molecule has 1 heterocycles. The van der Waals surface area contributed by atoms with E-state index in [0.29, 0.717) is 23.6 Å². The third kappa shape index (κ3) is 4.09. The highest BCUT2D eigenvalue weighted by atomic mass is 127. The first-order valence-corrected chi connectivity index (χ1v) is 8.04. The normalized spacial score (nSPS) is 14.4. The van der Waals surface area contributed by atoms with Gasteiger partial charge in [-0.2, -0.15) is 0 Å². The molecule has 4 nitrogen and oxygen atoms in total. The van der Waals surface area contributed by atoms with E-state index < -0.39 is 0 Å².